The van der Waals surface area contributed by atoms with Crippen LogP contribution >= 0.6 is 27.7 Å². The van der Waals surface area contributed by atoms with Crippen LogP contribution in [0.1, 0.15) is 32.1 Å². The second-order valence-corrected chi connectivity index (χ2v) is 11.3. The number of hydrogen-bond acceptors (Lipinski definition) is 9. The fraction of sp³-hybridized carbons (Fsp3) is 0.480. The highest BCUT2D eigenvalue weighted by Gasteiger charge is 2.23. The number of hydrogen-bond donors (Lipinski definition) is 3. The molecule has 1 saturated heterocycles. The minimum atomic E-state index is -0.268. The number of benzene rings is 1. The smallest absolute Gasteiger partial charge is 0.317 e. The molecule has 2 aliphatic rings. The maximum Gasteiger partial charge on any atom is 0.317 e. The lowest BCUT2D eigenvalue weighted by Gasteiger charge is -2.32. The van der Waals surface area contributed by atoms with Crippen LogP contribution < -0.4 is 20.3 Å². The number of carbonyl (C=O) groups is 2. The van der Waals surface area contributed by atoms with Crippen molar-refractivity contribution in [1.82, 2.24) is 29.7 Å². The van der Waals surface area contributed by atoms with Crippen molar-refractivity contribution < 1.29 is 23.8 Å². The number of amides is 2. The Hall–Kier alpha value is -3.26. The van der Waals surface area contributed by atoms with Gasteiger partial charge in [0.25, 0.3) is 0 Å². The van der Waals surface area contributed by atoms with E-state index in [1.54, 1.807) is 6.33 Å². The van der Waals surface area contributed by atoms with Crippen LogP contribution in [-0.2, 0) is 16.1 Å². The van der Waals surface area contributed by atoms with Crippen LogP contribution in [0.2, 0.25) is 0 Å². The monoisotopic (exact) mass is 619 g/mol. The number of halogens is 1. The third-order valence-electron chi connectivity index (χ3n) is 6.87. The summed E-state index contributed by atoms with van der Waals surface area (Å²) < 4.78 is 18.4. The first-order chi connectivity index (χ1) is 18.9. The molecule has 208 valence electrons. The number of urea groups is 1. The number of esters is 1. The number of ether oxygens (including phenoxy) is 3. The molecule has 2 amide bonds. The highest BCUT2D eigenvalue weighted by molar-refractivity contribution is 9.10. The Morgan fingerprint density at radius 2 is 2.05 bits per heavy atom. The number of rotatable bonds is 9. The van der Waals surface area contributed by atoms with E-state index in [1.807, 2.05) is 21.6 Å². The Kier molecular flexibility index (Phi) is 8.60. The standard InChI is InChI=1S/C25H30BrN7O5S/c1-36-20(34)3-2-7-28-25(35)32-8-4-15(5-9-32)6-10-33-13-29-22(27)21-23(33)31-24(30-21)39-19-12-18-17(11-16(19)26)37-14-38-18/h11-13,15,27H,2-10,14H2,1H3,(H,28,35)(H,30,31). The van der Waals surface area contributed by atoms with Crippen LogP contribution in [0, 0.1) is 11.3 Å². The van der Waals surface area contributed by atoms with E-state index in [0.29, 0.717) is 66.2 Å². The van der Waals surface area contributed by atoms with Crippen molar-refractivity contribution in [3.05, 3.63) is 28.4 Å². The van der Waals surface area contributed by atoms with Crippen molar-refractivity contribution in [3.8, 4) is 11.5 Å². The number of aromatic amines is 1. The minimum absolute atomic E-state index is 0.0831. The van der Waals surface area contributed by atoms with Crippen LogP contribution in [0.15, 0.2) is 33.0 Å². The molecule has 0 unspecified atom stereocenters. The van der Waals surface area contributed by atoms with Gasteiger partial charge in [0.05, 0.1) is 13.4 Å². The average Bonchev–Trinajstić information content (AvgIpc) is 3.58. The quantitative estimate of drug-likeness (QED) is 0.243. The van der Waals surface area contributed by atoms with Crippen molar-refractivity contribution in [2.45, 2.75) is 48.7 Å². The van der Waals surface area contributed by atoms with E-state index < -0.39 is 0 Å². The maximum absolute atomic E-state index is 12.4. The van der Waals surface area contributed by atoms with Gasteiger partial charge in [-0.2, -0.15) is 0 Å². The molecule has 5 rings (SSSR count). The molecule has 12 nitrogen and oxygen atoms in total. The first kappa shape index (κ1) is 27.3. The molecule has 0 spiro atoms. The fourth-order valence-electron chi connectivity index (χ4n) is 4.64. The highest BCUT2D eigenvalue weighted by Crippen LogP contribution is 2.42. The number of imidazole rings is 1. The van der Waals surface area contributed by atoms with Gasteiger partial charge in [-0.15, -0.1) is 0 Å². The van der Waals surface area contributed by atoms with E-state index in [0.717, 1.165) is 35.2 Å². The largest absolute Gasteiger partial charge is 0.469 e. The Morgan fingerprint density at radius 3 is 2.82 bits per heavy atom. The van der Waals surface area contributed by atoms with Gasteiger partial charge in [-0.25, -0.2) is 14.8 Å². The number of nitrogens with one attached hydrogen (secondary N) is 3. The zero-order valence-electron chi connectivity index (χ0n) is 21.5. The summed E-state index contributed by atoms with van der Waals surface area (Å²) in [5, 5.41) is 11.8. The van der Waals surface area contributed by atoms with E-state index in [9.17, 15) is 9.59 Å². The lowest BCUT2D eigenvalue weighted by molar-refractivity contribution is -0.140. The molecule has 3 N–H and O–H groups in total. The number of likely N-dealkylation sites (tertiary alicyclic amines) is 1. The van der Waals surface area contributed by atoms with Crippen molar-refractivity contribution in [2.75, 3.05) is 33.5 Å². The summed E-state index contributed by atoms with van der Waals surface area (Å²) in [6.07, 6.45) is 5.30. The molecule has 0 saturated carbocycles. The highest BCUT2D eigenvalue weighted by atomic mass is 79.9. The van der Waals surface area contributed by atoms with Gasteiger partial charge in [-0.1, -0.05) is 11.8 Å². The molecule has 0 atom stereocenters. The Bertz CT molecular complexity index is 1420. The molecule has 2 aliphatic heterocycles. The van der Waals surface area contributed by atoms with E-state index in [-0.39, 0.29) is 24.3 Å². The van der Waals surface area contributed by atoms with Gasteiger partial charge in [0.15, 0.2) is 27.8 Å². The van der Waals surface area contributed by atoms with Gasteiger partial charge >= 0.3 is 12.0 Å². The minimum Gasteiger partial charge on any atom is -0.469 e. The fourth-order valence-corrected chi connectivity index (χ4v) is 6.02. The molecular formula is C25H30BrN7O5S. The van der Waals surface area contributed by atoms with E-state index in [4.69, 9.17) is 19.9 Å². The van der Waals surface area contributed by atoms with Crippen LogP contribution in [0.3, 0.4) is 0 Å². The number of aromatic nitrogens is 4. The number of piperidine rings is 1. The third kappa shape index (κ3) is 6.49. The normalized spacial score (nSPS) is 15.1. The summed E-state index contributed by atoms with van der Waals surface area (Å²) in [5.41, 5.74) is 1.44. The zero-order chi connectivity index (χ0) is 27.4. The van der Waals surface area contributed by atoms with Gasteiger partial charge in [0.1, 0.15) is 5.52 Å². The maximum atomic E-state index is 12.4. The van der Waals surface area contributed by atoms with Gasteiger partial charge in [0.2, 0.25) is 6.79 Å². The molecule has 1 aromatic carbocycles. The van der Waals surface area contributed by atoms with Crippen LogP contribution in [-0.4, -0.2) is 70.0 Å². The molecule has 0 aliphatic carbocycles. The summed E-state index contributed by atoms with van der Waals surface area (Å²) in [4.78, 5) is 38.7. The SMILES string of the molecule is COC(=O)CCCNC(=O)N1CCC(CCn2cnc(=N)c3[nH]c(Sc4cc5c(cc4Br)OCO5)nc32)CC1. The predicted octanol–water partition coefficient (Wildman–Crippen LogP) is 3.65. The summed E-state index contributed by atoms with van der Waals surface area (Å²) in [5.74, 6) is 1.60. The molecule has 4 heterocycles. The first-order valence-electron chi connectivity index (χ1n) is 12.8. The molecule has 2 aromatic heterocycles. The third-order valence-corrected chi connectivity index (χ3v) is 8.74. The Balaban J connectivity index is 1.16. The summed E-state index contributed by atoms with van der Waals surface area (Å²) >= 11 is 5.03. The summed E-state index contributed by atoms with van der Waals surface area (Å²) in [6, 6.07) is 3.71. The van der Waals surface area contributed by atoms with E-state index in [1.165, 1.54) is 18.9 Å². The molecule has 39 heavy (non-hydrogen) atoms. The Morgan fingerprint density at radius 1 is 1.28 bits per heavy atom. The van der Waals surface area contributed by atoms with Gasteiger partial charge < -0.3 is 34.0 Å². The lowest BCUT2D eigenvalue weighted by atomic mass is 9.93. The van der Waals surface area contributed by atoms with Crippen molar-refractivity contribution in [3.63, 3.8) is 0 Å². The summed E-state index contributed by atoms with van der Waals surface area (Å²) in [7, 11) is 1.36. The van der Waals surface area contributed by atoms with Crippen LogP contribution in [0.5, 0.6) is 11.5 Å². The van der Waals surface area contributed by atoms with Gasteiger partial charge in [-0.05, 0) is 59.7 Å². The van der Waals surface area contributed by atoms with Crippen LogP contribution in [0.25, 0.3) is 11.2 Å². The molecule has 14 heteroatoms. The summed E-state index contributed by atoms with van der Waals surface area (Å²) in [6.45, 7) is 2.78. The number of methoxy groups -OCH3 is 1. The number of H-pyrrole nitrogens is 1. The van der Waals surface area contributed by atoms with E-state index >= 15 is 0 Å². The second kappa shape index (κ2) is 12.3. The molecule has 1 fully saturated rings. The van der Waals surface area contributed by atoms with E-state index in [2.05, 4.69) is 36.0 Å². The number of aryl methyl sites for hydroxylation is 1. The van der Waals surface area contributed by atoms with Crippen molar-refractivity contribution in [2.24, 2.45) is 5.92 Å². The Labute approximate surface area is 237 Å². The van der Waals surface area contributed by atoms with Crippen molar-refractivity contribution >= 4 is 50.9 Å². The number of fused-ring (bicyclic) bond motifs is 2. The average molecular weight is 621 g/mol. The lowest BCUT2D eigenvalue weighted by Crippen LogP contribution is -2.44. The molecular weight excluding hydrogens is 590 g/mol. The number of carbonyl (C=O) groups excluding carboxylic acids is 2. The molecule has 0 radical (unpaired) electrons. The topological polar surface area (TPSA) is 147 Å². The predicted molar refractivity (Wildman–Crippen MR) is 146 cm³/mol. The van der Waals surface area contributed by atoms with Crippen LogP contribution in [0.4, 0.5) is 4.79 Å². The first-order valence-corrected chi connectivity index (χ1v) is 14.4. The zero-order valence-corrected chi connectivity index (χ0v) is 23.9. The van der Waals surface area contributed by atoms with Gasteiger partial charge in [0, 0.05) is 42.0 Å². The van der Waals surface area contributed by atoms with Crippen molar-refractivity contribution in [1.29, 1.82) is 5.41 Å². The van der Waals surface area contributed by atoms with Gasteiger partial charge in [-0.3, -0.25) is 10.2 Å². The molecule has 0 bridgehead atoms. The second-order valence-electron chi connectivity index (χ2n) is 9.40. The number of nitrogens with zero attached hydrogens (tertiary/aromatic N) is 4. The molecule has 3 aromatic rings.